The van der Waals surface area contributed by atoms with E-state index in [0.717, 1.165) is 44.9 Å². The zero-order valence-corrected chi connectivity index (χ0v) is 43.2. The molecule has 0 saturated heterocycles. The second kappa shape index (κ2) is 45.9. The first-order chi connectivity index (χ1) is 30.5. The van der Waals surface area contributed by atoms with E-state index in [2.05, 4.69) is 26.0 Å². The molecule has 374 valence electrons. The topological polar surface area (TPSA) is 108 Å². The van der Waals surface area contributed by atoms with Crippen LogP contribution in [-0.2, 0) is 32.7 Å². The van der Waals surface area contributed by atoms with Gasteiger partial charge in [-0.05, 0) is 38.5 Å². The zero-order valence-electron chi connectivity index (χ0n) is 42.3. The predicted molar refractivity (Wildman–Crippen MR) is 266 cm³/mol. The van der Waals surface area contributed by atoms with Crippen molar-refractivity contribution in [2.45, 2.75) is 270 Å². The van der Waals surface area contributed by atoms with Crippen molar-refractivity contribution in [2.75, 3.05) is 47.5 Å². The lowest BCUT2D eigenvalue weighted by Crippen LogP contribution is -2.37. The van der Waals surface area contributed by atoms with Gasteiger partial charge in [0.1, 0.15) is 19.8 Å². The number of unbranched alkanes of at least 4 members (excludes halogenated alkanes) is 34. The van der Waals surface area contributed by atoms with E-state index in [4.69, 9.17) is 18.5 Å². The first-order valence-electron chi connectivity index (χ1n) is 26.9. The van der Waals surface area contributed by atoms with E-state index in [-0.39, 0.29) is 25.6 Å². The highest BCUT2D eigenvalue weighted by atomic mass is 31.2. The molecule has 0 aliphatic heterocycles. The maximum atomic E-state index is 12.8. The molecule has 0 bridgehead atoms. The summed E-state index contributed by atoms with van der Waals surface area (Å²) in [6.07, 6.45) is 51.2. The van der Waals surface area contributed by atoms with Crippen LogP contribution < -0.4 is 0 Å². The average Bonchev–Trinajstić information content (AvgIpc) is 3.24. The van der Waals surface area contributed by atoms with Crippen LogP contribution in [0, 0.1) is 0 Å². The third kappa shape index (κ3) is 50.0. The highest BCUT2D eigenvalue weighted by Gasteiger charge is 2.27. The Morgan fingerprint density at radius 1 is 0.476 bits per heavy atom. The summed E-state index contributed by atoms with van der Waals surface area (Å²) in [5.74, 6) is -0.787. The quantitative estimate of drug-likeness (QED) is 0.0211. The highest BCUT2D eigenvalue weighted by molar-refractivity contribution is 7.47. The van der Waals surface area contributed by atoms with Crippen LogP contribution in [-0.4, -0.2) is 74.9 Å². The first-order valence-corrected chi connectivity index (χ1v) is 28.4. The van der Waals surface area contributed by atoms with Crippen molar-refractivity contribution in [2.24, 2.45) is 0 Å². The fourth-order valence-electron chi connectivity index (χ4n) is 7.84. The first kappa shape index (κ1) is 61.8. The predicted octanol–water partition coefficient (Wildman–Crippen LogP) is 16.1. The Hall–Kier alpha value is -1.25. The molecule has 2 atom stereocenters. The SMILES string of the molecule is CCCCCCCC/C=C/CCCCCCCCCC(=O)O[C@H](COC(=O)CCCCCCCCCCCCCCCCCCCCCCCC)COP(=O)(O)OCC[N+](C)(C)C. The van der Waals surface area contributed by atoms with Gasteiger partial charge in [0.15, 0.2) is 6.10 Å². The van der Waals surface area contributed by atoms with Crippen molar-refractivity contribution in [3.63, 3.8) is 0 Å². The number of rotatable bonds is 50. The summed E-state index contributed by atoms with van der Waals surface area (Å²) in [6, 6.07) is 0. The van der Waals surface area contributed by atoms with Crippen molar-refractivity contribution in [1.29, 1.82) is 0 Å². The van der Waals surface area contributed by atoms with E-state index in [9.17, 15) is 19.0 Å². The van der Waals surface area contributed by atoms with Crippen LogP contribution in [0.25, 0.3) is 0 Å². The van der Waals surface area contributed by atoms with Gasteiger partial charge >= 0.3 is 19.8 Å². The Labute approximate surface area is 390 Å². The number of likely N-dealkylation sites (N-methyl/N-ethyl adjacent to an activating group) is 1. The van der Waals surface area contributed by atoms with E-state index in [1.165, 1.54) is 186 Å². The summed E-state index contributed by atoms with van der Waals surface area (Å²) in [7, 11) is 1.49. The molecule has 0 saturated carbocycles. The molecule has 0 amide bonds. The molecule has 9 nitrogen and oxygen atoms in total. The van der Waals surface area contributed by atoms with Crippen molar-refractivity contribution in [3.8, 4) is 0 Å². The Bertz CT molecular complexity index is 1080. The number of allylic oxidation sites excluding steroid dienone is 2. The molecule has 0 aliphatic carbocycles. The molecule has 0 rings (SSSR count). The number of hydrogen-bond acceptors (Lipinski definition) is 7. The number of quaternary nitrogens is 1. The molecule has 1 unspecified atom stereocenters. The maximum absolute atomic E-state index is 12.8. The minimum Gasteiger partial charge on any atom is -0.462 e. The standard InChI is InChI=1S/C53H104NO8P/c1-6-8-10-12-14-16-18-20-22-24-25-26-27-28-30-31-33-35-37-39-41-43-45-52(55)59-49-51(50-61-63(57,58)60-48-47-54(3,4)5)62-53(56)46-44-42-40-38-36-34-32-29-23-21-19-17-15-13-11-9-7-2/h21,23,51H,6-20,22,24-50H2,1-5H3/p+1/b23-21+/t51-/m1/s1. The summed E-state index contributed by atoms with van der Waals surface area (Å²) in [6.45, 7) is 4.47. The van der Waals surface area contributed by atoms with Crippen molar-refractivity contribution in [1.82, 2.24) is 0 Å². The maximum Gasteiger partial charge on any atom is 0.472 e. The molecule has 0 aliphatic rings. The van der Waals surface area contributed by atoms with Gasteiger partial charge in [0.05, 0.1) is 27.7 Å². The van der Waals surface area contributed by atoms with Crippen LogP contribution in [0.15, 0.2) is 12.2 Å². The van der Waals surface area contributed by atoms with Gasteiger partial charge in [-0.3, -0.25) is 18.6 Å². The smallest absolute Gasteiger partial charge is 0.462 e. The number of phosphoric ester groups is 1. The highest BCUT2D eigenvalue weighted by Crippen LogP contribution is 2.43. The lowest BCUT2D eigenvalue weighted by molar-refractivity contribution is -0.870. The molecule has 0 heterocycles. The van der Waals surface area contributed by atoms with Gasteiger partial charge in [-0.2, -0.15) is 0 Å². The van der Waals surface area contributed by atoms with Crippen molar-refractivity contribution < 1.29 is 42.1 Å². The average molecular weight is 915 g/mol. The van der Waals surface area contributed by atoms with E-state index in [1.807, 2.05) is 21.1 Å². The molecule has 0 aromatic heterocycles. The van der Waals surface area contributed by atoms with E-state index < -0.39 is 26.5 Å². The number of esters is 2. The molecule has 0 aromatic rings. The van der Waals surface area contributed by atoms with Gasteiger partial charge in [-0.1, -0.05) is 225 Å². The van der Waals surface area contributed by atoms with Crippen LogP contribution in [0.5, 0.6) is 0 Å². The molecule has 0 fully saturated rings. The fraction of sp³-hybridized carbons (Fsp3) is 0.925. The van der Waals surface area contributed by atoms with Gasteiger partial charge in [-0.25, -0.2) is 4.57 Å². The van der Waals surface area contributed by atoms with Crippen LogP contribution in [0.2, 0.25) is 0 Å². The Kier molecular flexibility index (Phi) is 45.0. The normalized spacial score (nSPS) is 13.4. The van der Waals surface area contributed by atoms with E-state index in [0.29, 0.717) is 23.9 Å². The van der Waals surface area contributed by atoms with Gasteiger partial charge < -0.3 is 18.9 Å². The number of carbonyl (C=O) groups is 2. The molecule has 1 N–H and O–H groups in total. The van der Waals surface area contributed by atoms with Crippen molar-refractivity contribution in [3.05, 3.63) is 12.2 Å². The Balaban J connectivity index is 4.17. The number of nitrogens with zero attached hydrogens (tertiary/aromatic N) is 1. The largest absolute Gasteiger partial charge is 0.472 e. The lowest BCUT2D eigenvalue weighted by atomic mass is 10.0. The van der Waals surface area contributed by atoms with E-state index in [1.54, 1.807) is 0 Å². The third-order valence-electron chi connectivity index (χ3n) is 12.0. The molecule has 0 aromatic carbocycles. The molecule has 63 heavy (non-hydrogen) atoms. The summed E-state index contributed by atoms with van der Waals surface area (Å²) < 4.78 is 34.5. The van der Waals surface area contributed by atoms with Gasteiger partial charge in [0, 0.05) is 12.8 Å². The van der Waals surface area contributed by atoms with Crippen LogP contribution in [0.3, 0.4) is 0 Å². The van der Waals surface area contributed by atoms with Gasteiger partial charge in [0.25, 0.3) is 0 Å². The number of ether oxygens (including phenoxy) is 2. The van der Waals surface area contributed by atoms with Gasteiger partial charge in [0.2, 0.25) is 0 Å². The number of phosphoric acid groups is 1. The molecular formula is C53H105NO8P+. The minimum absolute atomic E-state index is 0.0343. The molecule has 0 radical (unpaired) electrons. The van der Waals surface area contributed by atoms with Crippen LogP contribution in [0.1, 0.15) is 264 Å². The lowest BCUT2D eigenvalue weighted by Gasteiger charge is -2.24. The minimum atomic E-state index is -4.38. The fourth-order valence-corrected chi connectivity index (χ4v) is 8.58. The molecule has 10 heteroatoms. The van der Waals surface area contributed by atoms with Crippen LogP contribution >= 0.6 is 7.82 Å². The summed E-state index contributed by atoms with van der Waals surface area (Å²) >= 11 is 0. The second-order valence-electron chi connectivity index (χ2n) is 19.6. The van der Waals surface area contributed by atoms with Crippen LogP contribution in [0.4, 0.5) is 0 Å². The second-order valence-corrected chi connectivity index (χ2v) is 21.1. The monoisotopic (exact) mass is 915 g/mol. The van der Waals surface area contributed by atoms with E-state index >= 15 is 0 Å². The van der Waals surface area contributed by atoms with Crippen molar-refractivity contribution >= 4 is 19.8 Å². The Morgan fingerprint density at radius 2 is 0.810 bits per heavy atom. The van der Waals surface area contributed by atoms with Gasteiger partial charge in [-0.15, -0.1) is 0 Å². The summed E-state index contributed by atoms with van der Waals surface area (Å²) in [5.41, 5.74) is 0. The molecule has 0 spiro atoms. The zero-order chi connectivity index (χ0) is 46.4. The number of hydrogen-bond donors (Lipinski definition) is 1. The summed E-state index contributed by atoms with van der Waals surface area (Å²) in [4.78, 5) is 35.6. The Morgan fingerprint density at radius 3 is 1.17 bits per heavy atom. The molecular weight excluding hydrogens is 810 g/mol. The number of carbonyl (C=O) groups excluding carboxylic acids is 2. The summed E-state index contributed by atoms with van der Waals surface area (Å²) in [5, 5.41) is 0. The third-order valence-corrected chi connectivity index (χ3v) is 13.0.